The van der Waals surface area contributed by atoms with Gasteiger partial charge in [-0.05, 0) is 32.0 Å². The molecule has 0 aromatic heterocycles. The number of hydrogen-bond acceptors (Lipinski definition) is 5. The van der Waals surface area contributed by atoms with Crippen molar-refractivity contribution < 1.29 is 8.42 Å². The van der Waals surface area contributed by atoms with Crippen LogP contribution in [0.1, 0.15) is 12.8 Å². The molecule has 106 valence electrons. The lowest BCUT2D eigenvalue weighted by Crippen LogP contribution is -2.27. The maximum Gasteiger partial charge on any atom is 0.177 e. The number of nitrogens with one attached hydrogen (secondary N) is 1. The first-order valence-electron chi connectivity index (χ1n) is 6.42. The molecule has 1 aromatic rings. The summed E-state index contributed by atoms with van der Waals surface area (Å²) >= 11 is 0. The highest BCUT2D eigenvalue weighted by atomic mass is 32.2. The molecule has 0 amide bonds. The van der Waals surface area contributed by atoms with Crippen LogP contribution in [0.3, 0.4) is 0 Å². The minimum atomic E-state index is -3.28. The van der Waals surface area contributed by atoms with E-state index in [4.69, 9.17) is 5.73 Å². The van der Waals surface area contributed by atoms with Crippen molar-refractivity contribution in [2.45, 2.75) is 23.8 Å². The number of likely N-dealkylation sites (N-methyl/N-ethyl adjacent to an activating group) is 1. The SMILES string of the molecule is CN(CCNc1cccc(S(C)(=O)=O)c1N)C1CC1. The minimum Gasteiger partial charge on any atom is -0.396 e. The van der Waals surface area contributed by atoms with Crippen LogP contribution in [0.2, 0.25) is 0 Å². The van der Waals surface area contributed by atoms with Crippen molar-refractivity contribution in [1.29, 1.82) is 0 Å². The number of rotatable bonds is 6. The van der Waals surface area contributed by atoms with Gasteiger partial charge in [-0.25, -0.2) is 8.42 Å². The fourth-order valence-electron chi connectivity index (χ4n) is 2.09. The standard InChI is InChI=1S/C13H21N3O2S/c1-16(10-6-7-10)9-8-15-11-4-3-5-12(13(11)14)19(2,17)18/h3-5,10,15H,6-9,14H2,1-2H3. The van der Waals surface area contributed by atoms with Crippen LogP contribution in [0.25, 0.3) is 0 Å². The number of para-hydroxylation sites is 1. The van der Waals surface area contributed by atoms with Crippen molar-refractivity contribution in [1.82, 2.24) is 4.90 Å². The molecule has 0 spiro atoms. The molecule has 0 heterocycles. The lowest BCUT2D eigenvalue weighted by molar-refractivity contribution is 0.337. The average molecular weight is 283 g/mol. The number of sulfone groups is 1. The molecule has 0 unspecified atom stereocenters. The summed E-state index contributed by atoms with van der Waals surface area (Å²) in [5.41, 5.74) is 6.90. The van der Waals surface area contributed by atoms with Gasteiger partial charge in [-0.15, -0.1) is 0 Å². The van der Waals surface area contributed by atoms with Gasteiger partial charge in [0.15, 0.2) is 9.84 Å². The lowest BCUT2D eigenvalue weighted by atomic mass is 10.2. The number of hydrogen-bond donors (Lipinski definition) is 2. The van der Waals surface area contributed by atoms with Crippen LogP contribution in [-0.2, 0) is 9.84 Å². The van der Waals surface area contributed by atoms with Gasteiger partial charge in [0.25, 0.3) is 0 Å². The zero-order chi connectivity index (χ0) is 14.0. The van der Waals surface area contributed by atoms with Gasteiger partial charge < -0.3 is 16.0 Å². The van der Waals surface area contributed by atoms with E-state index >= 15 is 0 Å². The summed E-state index contributed by atoms with van der Waals surface area (Å²) in [5.74, 6) is 0. The first-order chi connectivity index (χ1) is 8.89. The van der Waals surface area contributed by atoms with E-state index in [2.05, 4.69) is 17.3 Å². The second kappa shape index (κ2) is 5.38. The highest BCUT2D eigenvalue weighted by molar-refractivity contribution is 7.90. The minimum absolute atomic E-state index is 0.188. The van der Waals surface area contributed by atoms with Gasteiger partial charge in [0.2, 0.25) is 0 Å². The van der Waals surface area contributed by atoms with E-state index in [0.717, 1.165) is 19.1 Å². The summed E-state index contributed by atoms with van der Waals surface area (Å²) in [4.78, 5) is 2.50. The Balaban J connectivity index is 2.00. The Morgan fingerprint density at radius 3 is 2.68 bits per heavy atom. The van der Waals surface area contributed by atoms with E-state index in [-0.39, 0.29) is 4.90 Å². The third-order valence-electron chi connectivity index (χ3n) is 3.42. The van der Waals surface area contributed by atoms with Gasteiger partial charge in [0, 0.05) is 25.4 Å². The second-order valence-corrected chi connectivity index (χ2v) is 7.11. The molecule has 5 nitrogen and oxygen atoms in total. The summed E-state index contributed by atoms with van der Waals surface area (Å²) < 4.78 is 23.1. The van der Waals surface area contributed by atoms with Gasteiger partial charge in [-0.3, -0.25) is 0 Å². The van der Waals surface area contributed by atoms with E-state index in [1.54, 1.807) is 12.1 Å². The van der Waals surface area contributed by atoms with Crippen molar-refractivity contribution in [3.63, 3.8) is 0 Å². The number of nitrogens with zero attached hydrogens (tertiary/aromatic N) is 1. The summed E-state index contributed by atoms with van der Waals surface area (Å²) in [6.45, 7) is 1.68. The van der Waals surface area contributed by atoms with Crippen LogP contribution in [-0.4, -0.2) is 45.8 Å². The second-order valence-electron chi connectivity index (χ2n) is 5.13. The fraction of sp³-hybridized carbons (Fsp3) is 0.538. The van der Waals surface area contributed by atoms with E-state index in [9.17, 15) is 8.42 Å². The molecule has 0 atom stereocenters. The zero-order valence-corrected chi connectivity index (χ0v) is 12.2. The first kappa shape index (κ1) is 14.1. The topological polar surface area (TPSA) is 75.4 Å². The lowest BCUT2D eigenvalue weighted by Gasteiger charge is -2.17. The number of benzene rings is 1. The van der Waals surface area contributed by atoms with Crippen LogP contribution in [0.4, 0.5) is 11.4 Å². The van der Waals surface area contributed by atoms with Crippen LogP contribution < -0.4 is 11.1 Å². The van der Waals surface area contributed by atoms with Gasteiger partial charge in [-0.1, -0.05) is 6.07 Å². The maximum atomic E-state index is 11.6. The van der Waals surface area contributed by atoms with Crippen molar-refractivity contribution in [2.75, 3.05) is 37.4 Å². The normalized spacial score (nSPS) is 15.7. The predicted octanol–water partition coefficient (Wildman–Crippen LogP) is 1.18. The zero-order valence-electron chi connectivity index (χ0n) is 11.4. The summed E-state index contributed by atoms with van der Waals surface area (Å²) in [7, 11) is -1.17. The molecule has 6 heteroatoms. The smallest absolute Gasteiger partial charge is 0.177 e. The molecule has 0 saturated heterocycles. The largest absolute Gasteiger partial charge is 0.396 e. The van der Waals surface area contributed by atoms with E-state index in [1.807, 2.05) is 0 Å². The molecule has 0 radical (unpaired) electrons. The van der Waals surface area contributed by atoms with Gasteiger partial charge in [0.1, 0.15) is 0 Å². The Kier molecular flexibility index (Phi) is 4.01. The van der Waals surface area contributed by atoms with Gasteiger partial charge in [-0.2, -0.15) is 0 Å². The molecule has 2 rings (SSSR count). The van der Waals surface area contributed by atoms with E-state index in [0.29, 0.717) is 11.4 Å². The Labute approximate surface area is 114 Å². The third-order valence-corrected chi connectivity index (χ3v) is 4.57. The molecular weight excluding hydrogens is 262 g/mol. The molecule has 19 heavy (non-hydrogen) atoms. The Hall–Kier alpha value is -1.27. The Morgan fingerprint density at radius 1 is 1.42 bits per heavy atom. The molecular formula is C13H21N3O2S. The number of nitrogen functional groups attached to an aromatic ring is 1. The maximum absolute atomic E-state index is 11.6. The molecule has 1 fully saturated rings. The van der Waals surface area contributed by atoms with Crippen LogP contribution in [0.5, 0.6) is 0 Å². The average Bonchev–Trinajstić information content (AvgIpc) is 3.13. The molecule has 1 aromatic carbocycles. The fourth-order valence-corrected chi connectivity index (χ4v) is 2.92. The molecule has 0 bridgehead atoms. The first-order valence-corrected chi connectivity index (χ1v) is 8.31. The highest BCUT2D eigenvalue weighted by Gasteiger charge is 2.25. The van der Waals surface area contributed by atoms with Crippen molar-refractivity contribution in [3.05, 3.63) is 18.2 Å². The van der Waals surface area contributed by atoms with Crippen molar-refractivity contribution in [2.24, 2.45) is 0 Å². The summed E-state index contributed by atoms with van der Waals surface area (Å²) in [5, 5.41) is 3.21. The highest BCUT2D eigenvalue weighted by Crippen LogP contribution is 2.27. The van der Waals surface area contributed by atoms with Crippen molar-refractivity contribution >= 4 is 21.2 Å². The molecule has 3 N–H and O–H groups in total. The van der Waals surface area contributed by atoms with Crippen LogP contribution in [0, 0.1) is 0 Å². The van der Waals surface area contributed by atoms with E-state index in [1.165, 1.54) is 25.2 Å². The van der Waals surface area contributed by atoms with Crippen molar-refractivity contribution in [3.8, 4) is 0 Å². The third kappa shape index (κ3) is 3.61. The van der Waals surface area contributed by atoms with Crippen LogP contribution >= 0.6 is 0 Å². The van der Waals surface area contributed by atoms with E-state index < -0.39 is 9.84 Å². The van der Waals surface area contributed by atoms with Gasteiger partial charge in [0.05, 0.1) is 16.3 Å². The number of anilines is 2. The van der Waals surface area contributed by atoms with Crippen LogP contribution in [0.15, 0.2) is 23.1 Å². The quantitative estimate of drug-likeness (QED) is 0.767. The Morgan fingerprint density at radius 2 is 2.11 bits per heavy atom. The molecule has 1 aliphatic rings. The monoisotopic (exact) mass is 283 g/mol. The Bertz CT molecular complexity index is 553. The molecule has 1 saturated carbocycles. The molecule has 0 aliphatic heterocycles. The van der Waals surface area contributed by atoms with Gasteiger partial charge >= 0.3 is 0 Å². The summed E-state index contributed by atoms with van der Waals surface area (Å²) in [6, 6.07) is 5.77. The number of nitrogens with two attached hydrogens (primary N) is 1. The predicted molar refractivity (Wildman–Crippen MR) is 78.1 cm³/mol. The summed E-state index contributed by atoms with van der Waals surface area (Å²) in [6.07, 6.45) is 3.73. The molecule has 1 aliphatic carbocycles.